The minimum Gasteiger partial charge on any atom is -0.309 e. The summed E-state index contributed by atoms with van der Waals surface area (Å²) in [6.07, 6.45) is 7.59. The fourth-order valence-corrected chi connectivity index (χ4v) is 3.32. The first kappa shape index (κ1) is 17.5. The molecule has 0 bridgehead atoms. The number of H-pyrrole nitrogens is 1. The molecule has 0 aliphatic carbocycles. The van der Waals surface area contributed by atoms with Crippen LogP contribution in [0.4, 0.5) is 5.82 Å². The first-order valence-electron chi connectivity index (χ1n) is 9.02. The van der Waals surface area contributed by atoms with Crippen molar-refractivity contribution in [3.63, 3.8) is 0 Å². The van der Waals surface area contributed by atoms with E-state index >= 15 is 0 Å². The average molecular weight is 342 g/mol. The Labute approximate surface area is 148 Å². The summed E-state index contributed by atoms with van der Waals surface area (Å²) in [5.74, 6) is 1.80. The highest BCUT2D eigenvalue weighted by Crippen LogP contribution is 2.25. The van der Waals surface area contributed by atoms with E-state index in [2.05, 4.69) is 37.3 Å². The number of piperidine rings is 1. The van der Waals surface area contributed by atoms with E-state index in [1.165, 1.54) is 11.9 Å². The van der Waals surface area contributed by atoms with E-state index in [0.29, 0.717) is 11.7 Å². The summed E-state index contributed by atoms with van der Waals surface area (Å²) in [7, 11) is 0. The van der Waals surface area contributed by atoms with Crippen LogP contribution in [0.5, 0.6) is 0 Å². The van der Waals surface area contributed by atoms with Gasteiger partial charge in [0.15, 0.2) is 0 Å². The molecule has 3 heterocycles. The molecular formula is C18H26N6O. The molecule has 1 aliphatic heterocycles. The topological polar surface area (TPSA) is 86.8 Å². The van der Waals surface area contributed by atoms with Crippen molar-refractivity contribution in [3.05, 3.63) is 36.0 Å². The van der Waals surface area contributed by atoms with Gasteiger partial charge in [-0.2, -0.15) is 5.10 Å². The molecule has 7 nitrogen and oxygen atoms in total. The van der Waals surface area contributed by atoms with Crippen LogP contribution < -0.4 is 5.32 Å². The predicted octanol–water partition coefficient (Wildman–Crippen LogP) is 2.36. The summed E-state index contributed by atoms with van der Waals surface area (Å²) in [5.41, 5.74) is 1.19. The summed E-state index contributed by atoms with van der Waals surface area (Å²) in [4.78, 5) is 23.4. The Morgan fingerprint density at radius 1 is 1.44 bits per heavy atom. The van der Waals surface area contributed by atoms with E-state index in [1.54, 1.807) is 0 Å². The van der Waals surface area contributed by atoms with Crippen LogP contribution in [0.15, 0.2) is 24.7 Å². The molecule has 3 rings (SSSR count). The highest BCUT2D eigenvalue weighted by Gasteiger charge is 2.29. The normalized spacial score (nSPS) is 19.5. The van der Waals surface area contributed by atoms with Crippen molar-refractivity contribution in [2.45, 2.75) is 51.5 Å². The van der Waals surface area contributed by atoms with Crippen molar-refractivity contribution in [1.82, 2.24) is 25.1 Å². The van der Waals surface area contributed by atoms with Crippen LogP contribution in [-0.4, -0.2) is 50.1 Å². The molecule has 0 unspecified atom stereocenters. The first-order chi connectivity index (χ1) is 12.2. The summed E-state index contributed by atoms with van der Waals surface area (Å²) in [5, 5.41) is 9.82. The van der Waals surface area contributed by atoms with Crippen molar-refractivity contribution < 1.29 is 4.79 Å². The number of rotatable bonds is 6. The second-order valence-electron chi connectivity index (χ2n) is 6.67. The molecule has 7 heteroatoms. The molecule has 0 saturated carbocycles. The van der Waals surface area contributed by atoms with Crippen LogP contribution in [0.1, 0.15) is 50.4 Å². The van der Waals surface area contributed by atoms with Crippen LogP contribution in [0.3, 0.4) is 0 Å². The second kappa shape index (κ2) is 8.20. The summed E-state index contributed by atoms with van der Waals surface area (Å²) < 4.78 is 0. The number of likely N-dealkylation sites (tertiary alicyclic amines) is 1. The van der Waals surface area contributed by atoms with E-state index in [9.17, 15) is 4.79 Å². The lowest BCUT2D eigenvalue weighted by Gasteiger charge is -2.35. The van der Waals surface area contributed by atoms with Crippen molar-refractivity contribution in [2.75, 3.05) is 18.4 Å². The van der Waals surface area contributed by atoms with Gasteiger partial charge in [-0.05, 0) is 44.4 Å². The van der Waals surface area contributed by atoms with Gasteiger partial charge < -0.3 is 5.32 Å². The fourth-order valence-electron chi connectivity index (χ4n) is 3.32. The van der Waals surface area contributed by atoms with Crippen molar-refractivity contribution in [2.24, 2.45) is 0 Å². The molecule has 1 saturated heterocycles. The fraction of sp³-hybridized carbons (Fsp3) is 0.556. The zero-order chi connectivity index (χ0) is 17.6. The lowest BCUT2D eigenvalue weighted by Crippen LogP contribution is -2.46. The van der Waals surface area contributed by atoms with Crippen molar-refractivity contribution in [3.8, 4) is 0 Å². The number of aromatic nitrogens is 4. The number of hydrogen-bond donors (Lipinski definition) is 2. The molecule has 0 radical (unpaired) electrons. The number of anilines is 1. The number of carbonyl (C=O) groups excluding carboxylic acids is 1. The molecule has 1 aliphatic rings. The average Bonchev–Trinajstić information content (AvgIpc) is 3.18. The second-order valence-corrected chi connectivity index (χ2v) is 6.67. The monoisotopic (exact) mass is 342 g/mol. The molecule has 0 spiro atoms. The standard InChI is InChI=1S/C18H26N6O/c1-3-5-14-7-8-16(19-10-14)22-18(25)13(2)24-9-4-6-15(11-24)17-20-12-21-23-17/h7-8,10,12-13,15H,3-6,9,11H2,1-2H3,(H,19,22,25)(H,20,21,23)/t13-,15-/m0/s1. The predicted molar refractivity (Wildman–Crippen MR) is 96.3 cm³/mol. The molecular weight excluding hydrogens is 316 g/mol. The van der Waals surface area contributed by atoms with Gasteiger partial charge in [-0.3, -0.25) is 14.8 Å². The first-order valence-corrected chi connectivity index (χ1v) is 9.02. The van der Waals surface area contributed by atoms with Crippen LogP contribution in [-0.2, 0) is 11.2 Å². The van der Waals surface area contributed by atoms with Crippen LogP contribution >= 0.6 is 0 Å². The Morgan fingerprint density at radius 2 is 2.32 bits per heavy atom. The number of hydrogen-bond acceptors (Lipinski definition) is 5. The van der Waals surface area contributed by atoms with Gasteiger partial charge in [0, 0.05) is 18.7 Å². The third kappa shape index (κ3) is 4.42. The van der Waals surface area contributed by atoms with Crippen molar-refractivity contribution >= 4 is 11.7 Å². The number of nitrogens with one attached hydrogen (secondary N) is 2. The summed E-state index contributed by atoms with van der Waals surface area (Å²) in [6, 6.07) is 3.70. The number of pyridine rings is 1. The minimum absolute atomic E-state index is 0.0195. The molecule has 25 heavy (non-hydrogen) atoms. The Balaban J connectivity index is 1.57. The number of aryl methyl sites for hydroxylation is 1. The maximum Gasteiger partial charge on any atom is 0.242 e. The van der Waals surface area contributed by atoms with Gasteiger partial charge in [-0.15, -0.1) is 0 Å². The van der Waals surface area contributed by atoms with Gasteiger partial charge in [0.1, 0.15) is 18.0 Å². The van der Waals surface area contributed by atoms with Gasteiger partial charge in [0.25, 0.3) is 0 Å². The summed E-state index contributed by atoms with van der Waals surface area (Å²) >= 11 is 0. The Bertz CT molecular complexity index is 669. The maximum absolute atomic E-state index is 12.6. The molecule has 0 aromatic carbocycles. The van der Waals surface area contributed by atoms with E-state index < -0.39 is 0 Å². The van der Waals surface area contributed by atoms with Crippen LogP contribution in [0.25, 0.3) is 0 Å². The smallest absolute Gasteiger partial charge is 0.242 e. The molecule has 2 aromatic rings. The molecule has 1 fully saturated rings. The largest absolute Gasteiger partial charge is 0.309 e. The zero-order valence-corrected chi connectivity index (χ0v) is 14.9. The van der Waals surface area contributed by atoms with E-state index in [4.69, 9.17) is 0 Å². The van der Waals surface area contributed by atoms with Gasteiger partial charge in [0.2, 0.25) is 5.91 Å². The van der Waals surface area contributed by atoms with Gasteiger partial charge >= 0.3 is 0 Å². The molecule has 1 amide bonds. The SMILES string of the molecule is CCCc1ccc(NC(=O)[C@H](C)N2CCC[C@H](c3ncn[nH]3)C2)nc1. The van der Waals surface area contributed by atoms with Gasteiger partial charge in [-0.25, -0.2) is 9.97 Å². The number of nitrogens with zero attached hydrogens (tertiary/aromatic N) is 4. The zero-order valence-electron chi connectivity index (χ0n) is 14.9. The maximum atomic E-state index is 12.6. The lowest BCUT2D eigenvalue weighted by atomic mass is 9.96. The van der Waals surface area contributed by atoms with E-state index in [1.807, 2.05) is 25.3 Å². The quantitative estimate of drug-likeness (QED) is 0.841. The van der Waals surface area contributed by atoms with Gasteiger partial charge in [0.05, 0.1) is 6.04 Å². The number of amides is 1. The minimum atomic E-state index is -0.206. The molecule has 2 atom stereocenters. The highest BCUT2D eigenvalue weighted by molar-refractivity contribution is 5.93. The van der Waals surface area contributed by atoms with E-state index in [-0.39, 0.29) is 11.9 Å². The number of carbonyl (C=O) groups is 1. The third-order valence-electron chi connectivity index (χ3n) is 4.82. The molecule has 2 aromatic heterocycles. The molecule has 2 N–H and O–H groups in total. The Hall–Kier alpha value is -2.28. The Morgan fingerprint density at radius 3 is 3.00 bits per heavy atom. The highest BCUT2D eigenvalue weighted by atomic mass is 16.2. The molecule has 134 valence electrons. The summed E-state index contributed by atoms with van der Waals surface area (Å²) in [6.45, 7) is 5.82. The lowest BCUT2D eigenvalue weighted by molar-refractivity contribution is -0.121. The van der Waals surface area contributed by atoms with Gasteiger partial charge in [-0.1, -0.05) is 19.4 Å². The van der Waals surface area contributed by atoms with Crippen molar-refractivity contribution in [1.29, 1.82) is 0 Å². The Kier molecular flexibility index (Phi) is 5.75. The van der Waals surface area contributed by atoms with E-state index in [0.717, 1.165) is 44.6 Å². The third-order valence-corrected chi connectivity index (χ3v) is 4.82. The number of aromatic amines is 1. The van der Waals surface area contributed by atoms with Crippen LogP contribution in [0.2, 0.25) is 0 Å². The van der Waals surface area contributed by atoms with Crippen LogP contribution in [0, 0.1) is 0 Å².